The zero-order chi connectivity index (χ0) is 18.2. The van der Waals surface area contributed by atoms with Crippen LogP contribution in [0, 0.1) is 6.92 Å². The first kappa shape index (κ1) is 17.6. The van der Waals surface area contributed by atoms with Crippen LogP contribution in [0.5, 0.6) is 0 Å². The molecule has 2 aromatic rings. The van der Waals surface area contributed by atoms with Gasteiger partial charge in [0, 0.05) is 5.56 Å². The summed E-state index contributed by atoms with van der Waals surface area (Å²) in [6.07, 6.45) is 4.51. The van der Waals surface area contributed by atoms with Crippen LogP contribution < -0.4 is 10.8 Å². The average molecular weight is 339 g/mol. The lowest BCUT2D eigenvalue weighted by Gasteiger charge is -2.32. The summed E-state index contributed by atoms with van der Waals surface area (Å²) < 4.78 is 12.2. The molecule has 0 bridgehead atoms. The molecule has 1 aromatic carbocycles. The highest BCUT2D eigenvalue weighted by Crippen LogP contribution is 2.36. The van der Waals surface area contributed by atoms with E-state index in [4.69, 9.17) is 9.31 Å². The Labute approximate surface area is 148 Å². The third kappa shape index (κ3) is 3.43. The second kappa shape index (κ2) is 6.24. The second-order valence-corrected chi connectivity index (χ2v) is 7.24. The Morgan fingerprint density at radius 1 is 1.08 bits per heavy atom. The number of carbonyl (C=O) groups is 1. The van der Waals surface area contributed by atoms with Gasteiger partial charge in [-0.1, -0.05) is 11.6 Å². The van der Waals surface area contributed by atoms with Gasteiger partial charge in [-0.25, -0.2) is 9.97 Å². The first-order valence-corrected chi connectivity index (χ1v) is 8.22. The molecule has 0 spiro atoms. The Kier molecular flexibility index (Phi) is 4.39. The lowest BCUT2D eigenvalue weighted by molar-refractivity contribution is 0.00578. The Hall–Kier alpha value is -2.25. The average Bonchev–Trinajstić information content (AvgIpc) is 2.76. The van der Waals surface area contributed by atoms with E-state index in [2.05, 4.69) is 15.3 Å². The topological polar surface area (TPSA) is 73.3 Å². The quantitative estimate of drug-likeness (QED) is 0.869. The lowest BCUT2D eigenvalue weighted by atomic mass is 9.75. The molecular weight excluding hydrogens is 317 g/mol. The normalized spacial score (nSPS) is 18.2. The van der Waals surface area contributed by atoms with Crippen LogP contribution in [0.2, 0.25) is 0 Å². The molecule has 0 radical (unpaired) electrons. The largest absolute Gasteiger partial charge is 0.495 e. The molecule has 0 unspecified atom stereocenters. The molecule has 1 aliphatic rings. The number of hydrogen-bond donors (Lipinski definition) is 1. The van der Waals surface area contributed by atoms with E-state index >= 15 is 0 Å². The van der Waals surface area contributed by atoms with Crippen molar-refractivity contribution < 1.29 is 14.1 Å². The van der Waals surface area contributed by atoms with Crippen LogP contribution in [0.1, 0.15) is 43.6 Å². The zero-order valence-electron chi connectivity index (χ0n) is 15.2. The van der Waals surface area contributed by atoms with Gasteiger partial charge in [0.2, 0.25) is 0 Å². The summed E-state index contributed by atoms with van der Waals surface area (Å²) in [5.74, 6) is -0.229. The van der Waals surface area contributed by atoms with Crippen LogP contribution in [-0.2, 0) is 9.31 Å². The minimum atomic E-state index is -0.502. The summed E-state index contributed by atoms with van der Waals surface area (Å²) in [5, 5.41) is 2.78. The third-order valence-electron chi connectivity index (χ3n) is 4.87. The van der Waals surface area contributed by atoms with Gasteiger partial charge in [-0.2, -0.15) is 0 Å². The number of anilines is 1. The number of nitrogens with one attached hydrogen (secondary N) is 1. The molecule has 130 valence electrons. The maximum Gasteiger partial charge on any atom is 0.495 e. The summed E-state index contributed by atoms with van der Waals surface area (Å²) in [4.78, 5) is 20.3. The van der Waals surface area contributed by atoms with Gasteiger partial charge in [-0.05, 0) is 52.2 Å². The predicted octanol–water partition coefficient (Wildman–Crippen LogP) is 2.34. The summed E-state index contributed by atoms with van der Waals surface area (Å²) in [5.41, 5.74) is 2.09. The highest BCUT2D eigenvalue weighted by Gasteiger charge is 2.52. The Balaban J connectivity index is 1.85. The van der Waals surface area contributed by atoms with Gasteiger partial charge in [-0.15, -0.1) is 0 Å². The standard InChI is InChI=1S/C18H22BN3O3/c1-12-6-7-13(16(23)22-14-9-20-11-21-10-14)8-15(12)19-24-17(2,3)18(4,5)25-19/h6-11H,1-5H3,(H,22,23). The molecule has 1 aromatic heterocycles. The molecule has 2 heterocycles. The minimum absolute atomic E-state index is 0.229. The number of rotatable bonds is 3. The van der Waals surface area contributed by atoms with E-state index in [-0.39, 0.29) is 5.91 Å². The maximum atomic E-state index is 12.5. The molecule has 1 fully saturated rings. The van der Waals surface area contributed by atoms with Crippen molar-refractivity contribution in [1.29, 1.82) is 0 Å². The fourth-order valence-electron chi connectivity index (χ4n) is 2.57. The number of aromatic nitrogens is 2. The number of amides is 1. The Bertz CT molecular complexity index is 777. The molecule has 7 heteroatoms. The van der Waals surface area contributed by atoms with Crippen molar-refractivity contribution in [2.24, 2.45) is 0 Å². The van der Waals surface area contributed by atoms with Crippen LogP contribution in [0.3, 0.4) is 0 Å². The first-order chi connectivity index (χ1) is 11.7. The van der Waals surface area contributed by atoms with Gasteiger partial charge in [0.15, 0.2) is 0 Å². The number of nitrogens with zero attached hydrogens (tertiary/aromatic N) is 2. The number of aryl methyl sites for hydroxylation is 1. The predicted molar refractivity (Wildman–Crippen MR) is 96.9 cm³/mol. The fraction of sp³-hybridized carbons (Fsp3) is 0.389. The van der Waals surface area contributed by atoms with Gasteiger partial charge in [0.1, 0.15) is 6.33 Å². The van der Waals surface area contributed by atoms with Gasteiger partial charge in [0.25, 0.3) is 5.91 Å². The zero-order valence-corrected chi connectivity index (χ0v) is 15.2. The molecule has 0 saturated carbocycles. The van der Waals surface area contributed by atoms with Crippen LogP contribution in [-0.4, -0.2) is 34.2 Å². The van der Waals surface area contributed by atoms with E-state index in [9.17, 15) is 4.79 Å². The molecule has 1 saturated heterocycles. The van der Waals surface area contributed by atoms with Gasteiger partial charge in [-0.3, -0.25) is 4.79 Å². The van der Waals surface area contributed by atoms with Crippen molar-refractivity contribution in [3.05, 3.63) is 48.0 Å². The van der Waals surface area contributed by atoms with Crippen LogP contribution >= 0.6 is 0 Å². The third-order valence-corrected chi connectivity index (χ3v) is 4.87. The van der Waals surface area contributed by atoms with Crippen molar-refractivity contribution in [3.8, 4) is 0 Å². The number of hydrogen-bond acceptors (Lipinski definition) is 5. The van der Waals surface area contributed by atoms with Crippen molar-refractivity contribution in [3.63, 3.8) is 0 Å². The molecule has 25 heavy (non-hydrogen) atoms. The monoisotopic (exact) mass is 339 g/mol. The lowest BCUT2D eigenvalue weighted by Crippen LogP contribution is -2.41. The second-order valence-electron chi connectivity index (χ2n) is 7.24. The molecular formula is C18H22BN3O3. The Morgan fingerprint density at radius 3 is 2.28 bits per heavy atom. The van der Waals surface area contributed by atoms with Crippen molar-refractivity contribution >= 4 is 24.2 Å². The maximum absolute atomic E-state index is 12.5. The summed E-state index contributed by atoms with van der Waals surface area (Å²) in [6.45, 7) is 10.0. The molecule has 1 aliphatic heterocycles. The minimum Gasteiger partial charge on any atom is -0.399 e. The van der Waals surface area contributed by atoms with E-state index in [0.29, 0.717) is 11.3 Å². The molecule has 6 nitrogen and oxygen atoms in total. The van der Waals surface area contributed by atoms with Crippen LogP contribution in [0.4, 0.5) is 5.69 Å². The van der Waals surface area contributed by atoms with Gasteiger partial charge < -0.3 is 14.6 Å². The summed E-state index contributed by atoms with van der Waals surface area (Å²) >= 11 is 0. The van der Waals surface area contributed by atoms with Crippen molar-refractivity contribution in [2.75, 3.05) is 5.32 Å². The SMILES string of the molecule is Cc1ccc(C(=O)Nc2cncnc2)cc1B1OC(C)(C)C(C)(C)O1. The van der Waals surface area contributed by atoms with Crippen molar-refractivity contribution in [1.82, 2.24) is 9.97 Å². The highest BCUT2D eigenvalue weighted by atomic mass is 16.7. The molecule has 0 atom stereocenters. The molecule has 1 N–H and O–H groups in total. The highest BCUT2D eigenvalue weighted by molar-refractivity contribution is 6.62. The molecule has 1 amide bonds. The number of carbonyl (C=O) groups excluding carboxylic acids is 1. The summed E-state index contributed by atoms with van der Waals surface area (Å²) in [7, 11) is -0.502. The van der Waals surface area contributed by atoms with E-state index in [0.717, 1.165) is 11.0 Å². The Morgan fingerprint density at radius 2 is 1.68 bits per heavy atom. The smallest absolute Gasteiger partial charge is 0.399 e. The van der Waals surface area contributed by atoms with E-state index in [1.807, 2.05) is 46.8 Å². The van der Waals surface area contributed by atoms with E-state index in [1.165, 1.54) is 6.33 Å². The molecule has 3 rings (SSSR count). The summed E-state index contributed by atoms with van der Waals surface area (Å²) in [6, 6.07) is 5.50. The van der Waals surface area contributed by atoms with Crippen molar-refractivity contribution in [2.45, 2.75) is 45.8 Å². The number of benzene rings is 1. The van der Waals surface area contributed by atoms with Crippen LogP contribution in [0.25, 0.3) is 0 Å². The fourth-order valence-corrected chi connectivity index (χ4v) is 2.57. The van der Waals surface area contributed by atoms with E-state index < -0.39 is 18.3 Å². The first-order valence-electron chi connectivity index (χ1n) is 8.22. The molecule has 0 aliphatic carbocycles. The van der Waals surface area contributed by atoms with Gasteiger partial charge >= 0.3 is 7.12 Å². The van der Waals surface area contributed by atoms with Crippen LogP contribution in [0.15, 0.2) is 36.9 Å². The van der Waals surface area contributed by atoms with Gasteiger partial charge in [0.05, 0.1) is 29.3 Å². The van der Waals surface area contributed by atoms with E-state index in [1.54, 1.807) is 18.5 Å².